The van der Waals surface area contributed by atoms with Crippen LogP contribution in [0.15, 0.2) is 18.3 Å². The smallest absolute Gasteiger partial charge is 0.387 e. The summed E-state index contributed by atoms with van der Waals surface area (Å²) in [6.07, 6.45) is 6.97. The van der Waals surface area contributed by atoms with Crippen molar-refractivity contribution < 1.29 is 18.3 Å². The van der Waals surface area contributed by atoms with Gasteiger partial charge in [0.2, 0.25) is 0 Å². The monoisotopic (exact) mass is 445 g/mol. The molecule has 6 rings (SSSR count). The SMILES string of the molecule is COC1CN(C2C[C@@H]3[C@H](C2)[C@H]3c2cc(-c3cnc(N)c(OC(F)F)c3)nn2CC2CC2)C1. The third-order valence-corrected chi connectivity index (χ3v) is 7.82. The minimum absolute atomic E-state index is 0.0452. The number of pyridine rings is 1. The Bertz CT molecular complexity index is 992. The zero-order valence-electron chi connectivity index (χ0n) is 18.2. The third-order valence-electron chi connectivity index (χ3n) is 7.82. The number of hydrogen-bond donors (Lipinski definition) is 1. The maximum absolute atomic E-state index is 12.7. The van der Waals surface area contributed by atoms with Gasteiger partial charge in [-0.25, -0.2) is 4.98 Å². The summed E-state index contributed by atoms with van der Waals surface area (Å²) in [6.45, 7) is 0.102. The number of nitrogens with zero attached hydrogens (tertiary/aromatic N) is 4. The summed E-state index contributed by atoms with van der Waals surface area (Å²) in [4.78, 5) is 6.62. The second-order valence-electron chi connectivity index (χ2n) is 9.86. The van der Waals surface area contributed by atoms with Gasteiger partial charge in [0.1, 0.15) is 0 Å². The molecule has 4 aliphatic rings. The summed E-state index contributed by atoms with van der Waals surface area (Å²) in [5, 5.41) is 4.87. The summed E-state index contributed by atoms with van der Waals surface area (Å²) >= 11 is 0. The quantitative estimate of drug-likeness (QED) is 0.671. The number of methoxy groups -OCH3 is 1. The normalized spacial score (nSPS) is 29.9. The Morgan fingerprint density at radius 3 is 2.59 bits per heavy atom. The Labute approximate surface area is 185 Å². The number of likely N-dealkylation sites (tertiary alicyclic amines) is 1. The molecule has 0 amide bonds. The first-order chi connectivity index (χ1) is 15.5. The number of aromatic nitrogens is 3. The van der Waals surface area contributed by atoms with Crippen LogP contribution in [-0.2, 0) is 11.3 Å². The number of nitrogens with two attached hydrogens (primary N) is 1. The van der Waals surface area contributed by atoms with Gasteiger partial charge in [-0.3, -0.25) is 9.58 Å². The van der Waals surface area contributed by atoms with Crippen LogP contribution in [-0.4, -0.2) is 58.6 Å². The van der Waals surface area contributed by atoms with E-state index in [1.54, 1.807) is 13.3 Å². The van der Waals surface area contributed by atoms with Gasteiger partial charge in [-0.1, -0.05) is 0 Å². The molecule has 3 aliphatic carbocycles. The summed E-state index contributed by atoms with van der Waals surface area (Å²) in [6, 6.07) is 4.33. The van der Waals surface area contributed by atoms with Gasteiger partial charge in [-0.05, 0) is 55.6 Å². The van der Waals surface area contributed by atoms with Gasteiger partial charge < -0.3 is 15.2 Å². The molecule has 0 aromatic carbocycles. The van der Waals surface area contributed by atoms with E-state index < -0.39 is 6.61 Å². The van der Waals surface area contributed by atoms with Gasteiger partial charge in [-0.2, -0.15) is 13.9 Å². The molecule has 7 nitrogen and oxygen atoms in total. The predicted molar refractivity (Wildman–Crippen MR) is 114 cm³/mol. The Balaban J connectivity index is 1.21. The van der Waals surface area contributed by atoms with Crippen molar-refractivity contribution in [2.75, 3.05) is 25.9 Å². The van der Waals surface area contributed by atoms with Crippen LogP contribution in [0.3, 0.4) is 0 Å². The highest BCUT2D eigenvalue weighted by Gasteiger charge is 2.59. The molecule has 4 atom stereocenters. The standard InChI is InChI=1S/C23H29F2N5O2/c1-31-15-10-29(11-15)14-5-16-17(6-14)21(16)19-7-18(28-30(19)9-12-2-3-12)13-4-20(32-23(24)25)22(26)27-8-13/h4,7-8,12,14-17,21,23H,2-3,5-6,9-11H2,1H3,(H2,26,27)/t14?,16-,17+,21+. The molecule has 0 bridgehead atoms. The van der Waals surface area contributed by atoms with E-state index >= 15 is 0 Å². The van der Waals surface area contributed by atoms with Crippen molar-refractivity contribution in [2.45, 2.75) is 56.9 Å². The first-order valence-electron chi connectivity index (χ1n) is 11.6. The summed E-state index contributed by atoms with van der Waals surface area (Å²) < 4.78 is 37.6. The van der Waals surface area contributed by atoms with E-state index in [0.717, 1.165) is 25.3 Å². The van der Waals surface area contributed by atoms with Crippen LogP contribution in [0.25, 0.3) is 11.3 Å². The van der Waals surface area contributed by atoms with Gasteiger partial charge in [-0.15, -0.1) is 0 Å². The lowest BCUT2D eigenvalue weighted by atomic mass is 9.99. The Hall–Kier alpha value is -2.26. The lowest BCUT2D eigenvalue weighted by Gasteiger charge is -2.43. The number of fused-ring (bicyclic) bond motifs is 1. The Morgan fingerprint density at radius 1 is 1.19 bits per heavy atom. The molecule has 0 radical (unpaired) electrons. The van der Waals surface area contributed by atoms with Gasteiger partial charge in [0.15, 0.2) is 11.6 Å². The van der Waals surface area contributed by atoms with E-state index in [4.69, 9.17) is 15.6 Å². The highest BCUT2D eigenvalue weighted by atomic mass is 19.3. The molecule has 2 N–H and O–H groups in total. The van der Waals surface area contributed by atoms with Crippen LogP contribution in [0.1, 0.15) is 37.3 Å². The van der Waals surface area contributed by atoms with Crippen molar-refractivity contribution in [1.82, 2.24) is 19.7 Å². The van der Waals surface area contributed by atoms with Crippen molar-refractivity contribution in [1.29, 1.82) is 0 Å². The molecule has 172 valence electrons. The highest BCUT2D eigenvalue weighted by Crippen LogP contribution is 2.64. The fourth-order valence-electron chi connectivity index (χ4n) is 5.78. The Kier molecular flexibility index (Phi) is 4.87. The van der Waals surface area contributed by atoms with Crippen molar-refractivity contribution in [2.24, 2.45) is 17.8 Å². The van der Waals surface area contributed by atoms with Crippen LogP contribution in [0, 0.1) is 17.8 Å². The fraction of sp³-hybridized carbons (Fsp3) is 0.652. The zero-order chi connectivity index (χ0) is 22.0. The molecule has 2 aromatic rings. The largest absolute Gasteiger partial charge is 0.431 e. The first-order valence-corrected chi connectivity index (χ1v) is 11.6. The average molecular weight is 446 g/mol. The predicted octanol–water partition coefficient (Wildman–Crippen LogP) is 3.36. The molecule has 3 heterocycles. The lowest BCUT2D eigenvalue weighted by Crippen LogP contribution is -2.55. The molecular weight excluding hydrogens is 416 g/mol. The van der Waals surface area contributed by atoms with Crippen molar-refractivity contribution in [3.63, 3.8) is 0 Å². The van der Waals surface area contributed by atoms with Gasteiger partial charge >= 0.3 is 6.61 Å². The van der Waals surface area contributed by atoms with Gasteiger partial charge in [0.05, 0.1) is 11.8 Å². The minimum Gasteiger partial charge on any atom is -0.431 e. The van der Waals surface area contributed by atoms with Crippen molar-refractivity contribution >= 4 is 5.82 Å². The number of alkyl halides is 2. The summed E-state index contributed by atoms with van der Waals surface area (Å²) in [5.74, 6) is 2.52. The molecule has 9 heteroatoms. The maximum Gasteiger partial charge on any atom is 0.387 e. The van der Waals surface area contributed by atoms with Gasteiger partial charge in [0, 0.05) is 56.2 Å². The fourth-order valence-corrected chi connectivity index (χ4v) is 5.78. The number of nitrogen functional groups attached to an aromatic ring is 1. The molecule has 2 aromatic heterocycles. The molecular formula is C23H29F2N5O2. The van der Waals surface area contributed by atoms with E-state index in [2.05, 4.69) is 25.4 Å². The van der Waals surface area contributed by atoms with Crippen LogP contribution in [0.5, 0.6) is 5.75 Å². The molecule has 1 saturated heterocycles. The van der Waals surface area contributed by atoms with Crippen LogP contribution in [0.4, 0.5) is 14.6 Å². The summed E-state index contributed by atoms with van der Waals surface area (Å²) in [7, 11) is 1.79. The van der Waals surface area contributed by atoms with Crippen molar-refractivity contribution in [3.05, 3.63) is 24.0 Å². The van der Waals surface area contributed by atoms with E-state index in [0.29, 0.717) is 41.4 Å². The lowest BCUT2D eigenvalue weighted by molar-refractivity contribution is -0.0516. The number of anilines is 1. The molecule has 4 fully saturated rings. The molecule has 1 aliphatic heterocycles. The minimum atomic E-state index is -2.94. The molecule has 1 unspecified atom stereocenters. The zero-order valence-corrected chi connectivity index (χ0v) is 18.2. The van der Waals surface area contributed by atoms with E-state index in [9.17, 15) is 8.78 Å². The Morgan fingerprint density at radius 2 is 1.94 bits per heavy atom. The number of halogens is 2. The maximum atomic E-state index is 12.7. The topological polar surface area (TPSA) is 78.4 Å². The number of hydrogen-bond acceptors (Lipinski definition) is 6. The average Bonchev–Trinajstić information content (AvgIpc) is 3.57. The van der Waals surface area contributed by atoms with Crippen LogP contribution < -0.4 is 10.5 Å². The third kappa shape index (κ3) is 3.65. The van der Waals surface area contributed by atoms with E-state index in [1.165, 1.54) is 37.4 Å². The second kappa shape index (κ2) is 7.66. The van der Waals surface area contributed by atoms with Crippen LogP contribution in [0.2, 0.25) is 0 Å². The second-order valence-corrected chi connectivity index (χ2v) is 9.86. The molecule has 32 heavy (non-hydrogen) atoms. The van der Waals surface area contributed by atoms with E-state index in [1.807, 2.05) is 0 Å². The highest BCUT2D eigenvalue weighted by molar-refractivity contribution is 5.64. The van der Waals surface area contributed by atoms with Crippen LogP contribution >= 0.6 is 0 Å². The summed E-state index contributed by atoms with van der Waals surface area (Å²) in [5.41, 5.74) is 8.40. The van der Waals surface area contributed by atoms with Crippen molar-refractivity contribution in [3.8, 4) is 17.0 Å². The van der Waals surface area contributed by atoms with Gasteiger partial charge in [0.25, 0.3) is 0 Å². The first kappa shape index (κ1) is 20.4. The molecule has 3 saturated carbocycles. The number of ether oxygens (including phenoxy) is 2. The van der Waals surface area contributed by atoms with E-state index in [-0.39, 0.29) is 11.6 Å². The molecule has 0 spiro atoms. The number of rotatable bonds is 8.